The minimum absolute atomic E-state index is 0.224. The molecular weight excluding hydrogens is 264 g/mol. The number of nitrogens with zero attached hydrogens (tertiary/aromatic N) is 1. The summed E-state index contributed by atoms with van der Waals surface area (Å²) in [5.74, 6) is 1.76. The van der Waals surface area contributed by atoms with Gasteiger partial charge in [0.2, 0.25) is 0 Å². The third-order valence-electron chi connectivity index (χ3n) is 3.80. The number of unbranched alkanes of at least 4 members (excludes halogenated alkanes) is 2. The Morgan fingerprint density at radius 1 is 1.19 bits per heavy atom. The normalized spacial score (nSPS) is 12.5. The van der Waals surface area contributed by atoms with Crippen molar-refractivity contribution in [2.75, 3.05) is 41.4 Å². The van der Waals surface area contributed by atoms with Gasteiger partial charge in [0.1, 0.15) is 11.5 Å². The molecule has 0 aliphatic rings. The number of likely N-dealkylation sites (N-methyl/N-ethyl adjacent to an activating group) is 2. The number of benzene rings is 1. The number of rotatable bonds is 10. The SMILES string of the molecule is CCCCCN(C)CC(NC)c1cc(OC)ccc1OC. The maximum absolute atomic E-state index is 5.49. The van der Waals surface area contributed by atoms with E-state index in [0.717, 1.165) is 30.2 Å². The van der Waals surface area contributed by atoms with Gasteiger partial charge < -0.3 is 19.7 Å². The first-order valence-electron chi connectivity index (χ1n) is 7.74. The van der Waals surface area contributed by atoms with Crippen LogP contribution in [-0.2, 0) is 0 Å². The number of methoxy groups -OCH3 is 2. The second kappa shape index (κ2) is 9.64. The average Bonchev–Trinajstić information content (AvgIpc) is 2.52. The standard InChI is InChI=1S/C17H30N2O2/c1-6-7-8-11-19(3)13-16(18-2)15-12-14(20-4)9-10-17(15)21-5/h9-10,12,16,18H,6-8,11,13H2,1-5H3. The summed E-state index contributed by atoms with van der Waals surface area (Å²) < 4.78 is 10.8. The highest BCUT2D eigenvalue weighted by Gasteiger charge is 2.17. The summed E-state index contributed by atoms with van der Waals surface area (Å²) in [6.45, 7) is 4.31. The fourth-order valence-electron chi connectivity index (χ4n) is 2.49. The molecule has 0 radical (unpaired) electrons. The van der Waals surface area contributed by atoms with Crippen LogP contribution in [-0.4, -0.2) is 46.3 Å². The second-order valence-corrected chi connectivity index (χ2v) is 5.42. The van der Waals surface area contributed by atoms with Crippen LogP contribution in [0.15, 0.2) is 18.2 Å². The monoisotopic (exact) mass is 294 g/mol. The van der Waals surface area contributed by atoms with Crippen molar-refractivity contribution in [3.8, 4) is 11.5 Å². The largest absolute Gasteiger partial charge is 0.497 e. The van der Waals surface area contributed by atoms with E-state index in [9.17, 15) is 0 Å². The molecule has 0 aliphatic carbocycles. The van der Waals surface area contributed by atoms with Gasteiger partial charge in [0, 0.05) is 18.2 Å². The Kier molecular flexibility index (Phi) is 8.16. The van der Waals surface area contributed by atoms with Crippen molar-refractivity contribution in [2.24, 2.45) is 0 Å². The van der Waals surface area contributed by atoms with Crippen molar-refractivity contribution in [3.05, 3.63) is 23.8 Å². The van der Waals surface area contributed by atoms with Crippen LogP contribution in [0.3, 0.4) is 0 Å². The van der Waals surface area contributed by atoms with Gasteiger partial charge in [-0.3, -0.25) is 0 Å². The van der Waals surface area contributed by atoms with Crippen molar-refractivity contribution in [3.63, 3.8) is 0 Å². The number of nitrogens with one attached hydrogen (secondary N) is 1. The zero-order chi connectivity index (χ0) is 15.7. The number of hydrogen-bond donors (Lipinski definition) is 1. The van der Waals surface area contributed by atoms with Crippen LogP contribution in [0.4, 0.5) is 0 Å². The molecule has 0 spiro atoms. The molecule has 1 aromatic rings. The number of ether oxygens (including phenoxy) is 2. The zero-order valence-corrected chi connectivity index (χ0v) is 14.1. The quantitative estimate of drug-likeness (QED) is 0.672. The number of hydrogen-bond acceptors (Lipinski definition) is 4. The Bertz CT molecular complexity index is 410. The van der Waals surface area contributed by atoms with Crippen LogP contribution in [0, 0.1) is 0 Å². The van der Waals surface area contributed by atoms with Crippen molar-refractivity contribution >= 4 is 0 Å². The van der Waals surface area contributed by atoms with Gasteiger partial charge in [0.05, 0.1) is 14.2 Å². The first kappa shape index (κ1) is 17.8. The third-order valence-corrected chi connectivity index (χ3v) is 3.80. The van der Waals surface area contributed by atoms with Gasteiger partial charge in [0.25, 0.3) is 0 Å². The summed E-state index contributed by atoms with van der Waals surface area (Å²) in [5, 5.41) is 3.39. The van der Waals surface area contributed by atoms with Crippen LogP contribution < -0.4 is 14.8 Å². The molecule has 1 rings (SSSR count). The fourth-order valence-corrected chi connectivity index (χ4v) is 2.49. The molecule has 0 saturated heterocycles. The highest BCUT2D eigenvalue weighted by molar-refractivity contribution is 5.42. The summed E-state index contributed by atoms with van der Waals surface area (Å²) in [6.07, 6.45) is 3.79. The second-order valence-electron chi connectivity index (χ2n) is 5.42. The average molecular weight is 294 g/mol. The molecule has 1 atom stereocenters. The minimum atomic E-state index is 0.224. The van der Waals surface area contributed by atoms with Crippen molar-refractivity contribution < 1.29 is 9.47 Å². The summed E-state index contributed by atoms with van der Waals surface area (Å²) in [7, 11) is 7.57. The van der Waals surface area contributed by atoms with E-state index in [1.807, 2.05) is 19.2 Å². The first-order valence-corrected chi connectivity index (χ1v) is 7.74. The summed E-state index contributed by atoms with van der Waals surface area (Å²) in [5.41, 5.74) is 1.14. The van der Waals surface area contributed by atoms with Gasteiger partial charge in [-0.05, 0) is 45.3 Å². The van der Waals surface area contributed by atoms with E-state index in [4.69, 9.17) is 9.47 Å². The van der Waals surface area contributed by atoms with Crippen LogP contribution >= 0.6 is 0 Å². The van der Waals surface area contributed by atoms with E-state index >= 15 is 0 Å². The van der Waals surface area contributed by atoms with Gasteiger partial charge in [-0.15, -0.1) is 0 Å². The Labute approximate surface area is 129 Å². The van der Waals surface area contributed by atoms with E-state index in [2.05, 4.69) is 30.3 Å². The van der Waals surface area contributed by atoms with Gasteiger partial charge in [-0.1, -0.05) is 19.8 Å². The fraction of sp³-hybridized carbons (Fsp3) is 0.647. The van der Waals surface area contributed by atoms with E-state index in [1.165, 1.54) is 19.3 Å². The van der Waals surface area contributed by atoms with Crippen LogP contribution in [0.5, 0.6) is 11.5 Å². The topological polar surface area (TPSA) is 33.7 Å². The van der Waals surface area contributed by atoms with E-state index < -0.39 is 0 Å². The Morgan fingerprint density at radius 3 is 2.52 bits per heavy atom. The zero-order valence-electron chi connectivity index (χ0n) is 14.1. The highest BCUT2D eigenvalue weighted by atomic mass is 16.5. The predicted molar refractivity (Wildman–Crippen MR) is 88.4 cm³/mol. The lowest BCUT2D eigenvalue weighted by Gasteiger charge is -2.25. The molecule has 1 unspecified atom stereocenters. The van der Waals surface area contributed by atoms with Crippen LogP contribution in [0.25, 0.3) is 0 Å². The van der Waals surface area contributed by atoms with E-state index in [0.29, 0.717) is 0 Å². The summed E-state index contributed by atoms with van der Waals surface area (Å²) in [6, 6.07) is 6.18. The van der Waals surface area contributed by atoms with E-state index in [-0.39, 0.29) is 6.04 Å². The molecule has 4 nitrogen and oxygen atoms in total. The Hall–Kier alpha value is -1.26. The van der Waals surface area contributed by atoms with Crippen molar-refractivity contribution in [1.82, 2.24) is 10.2 Å². The molecule has 1 N–H and O–H groups in total. The smallest absolute Gasteiger partial charge is 0.123 e. The lowest BCUT2D eigenvalue weighted by Crippen LogP contribution is -2.32. The van der Waals surface area contributed by atoms with Crippen molar-refractivity contribution in [2.45, 2.75) is 32.2 Å². The molecular formula is C17H30N2O2. The lowest BCUT2D eigenvalue weighted by molar-refractivity contribution is 0.286. The van der Waals surface area contributed by atoms with E-state index in [1.54, 1.807) is 14.2 Å². The molecule has 0 saturated carbocycles. The molecule has 1 aromatic carbocycles. The van der Waals surface area contributed by atoms with Crippen molar-refractivity contribution in [1.29, 1.82) is 0 Å². The first-order chi connectivity index (χ1) is 10.2. The Morgan fingerprint density at radius 2 is 1.95 bits per heavy atom. The molecule has 0 fully saturated rings. The molecule has 0 aromatic heterocycles. The molecule has 0 bridgehead atoms. The summed E-state index contributed by atoms with van der Waals surface area (Å²) >= 11 is 0. The van der Waals surface area contributed by atoms with Gasteiger partial charge >= 0.3 is 0 Å². The molecule has 0 amide bonds. The lowest BCUT2D eigenvalue weighted by atomic mass is 10.0. The summed E-state index contributed by atoms with van der Waals surface area (Å²) in [4.78, 5) is 2.37. The molecule has 4 heteroatoms. The predicted octanol–water partition coefficient (Wildman–Crippen LogP) is 3.09. The van der Waals surface area contributed by atoms with Gasteiger partial charge in [-0.25, -0.2) is 0 Å². The minimum Gasteiger partial charge on any atom is -0.497 e. The molecule has 120 valence electrons. The Balaban J connectivity index is 2.78. The van der Waals surface area contributed by atoms with Crippen LogP contribution in [0.2, 0.25) is 0 Å². The highest BCUT2D eigenvalue weighted by Crippen LogP contribution is 2.29. The molecule has 21 heavy (non-hydrogen) atoms. The van der Waals surface area contributed by atoms with Gasteiger partial charge in [0.15, 0.2) is 0 Å². The third kappa shape index (κ3) is 5.56. The van der Waals surface area contributed by atoms with Crippen LogP contribution in [0.1, 0.15) is 37.8 Å². The maximum Gasteiger partial charge on any atom is 0.123 e. The molecule has 0 heterocycles. The maximum atomic E-state index is 5.49. The van der Waals surface area contributed by atoms with Gasteiger partial charge in [-0.2, -0.15) is 0 Å². The molecule has 0 aliphatic heterocycles.